The molecular formula is C21H22N2O5. The number of hydrazone groups is 1. The average molecular weight is 382 g/mol. The summed E-state index contributed by atoms with van der Waals surface area (Å²) >= 11 is 0. The van der Waals surface area contributed by atoms with Crippen LogP contribution in [0.3, 0.4) is 0 Å². The van der Waals surface area contributed by atoms with Crippen LogP contribution in [-0.2, 0) is 11.2 Å². The van der Waals surface area contributed by atoms with Crippen molar-refractivity contribution >= 4 is 18.1 Å². The lowest BCUT2D eigenvalue weighted by atomic mass is 10.1. The number of ether oxygens (including phenoxy) is 2. The van der Waals surface area contributed by atoms with Crippen molar-refractivity contribution in [3.63, 3.8) is 0 Å². The summed E-state index contributed by atoms with van der Waals surface area (Å²) in [6.07, 6.45) is 3.59. The van der Waals surface area contributed by atoms with E-state index in [4.69, 9.17) is 14.6 Å². The molecule has 2 aromatic rings. The highest BCUT2D eigenvalue weighted by Crippen LogP contribution is 2.33. The van der Waals surface area contributed by atoms with E-state index in [0.29, 0.717) is 34.6 Å². The molecule has 1 amide bonds. The van der Waals surface area contributed by atoms with Gasteiger partial charge >= 0.3 is 5.97 Å². The summed E-state index contributed by atoms with van der Waals surface area (Å²) in [7, 11) is 1.46. The summed E-state index contributed by atoms with van der Waals surface area (Å²) in [5.74, 6) is -0.704. The molecule has 0 aromatic heterocycles. The highest BCUT2D eigenvalue weighted by Gasteiger charge is 2.14. The van der Waals surface area contributed by atoms with E-state index >= 15 is 0 Å². The van der Waals surface area contributed by atoms with Crippen LogP contribution in [0.25, 0.3) is 0 Å². The van der Waals surface area contributed by atoms with E-state index in [9.17, 15) is 9.59 Å². The molecule has 0 unspecified atom stereocenters. The van der Waals surface area contributed by atoms with Crippen LogP contribution in [0, 0.1) is 6.92 Å². The van der Waals surface area contributed by atoms with Crippen molar-refractivity contribution in [2.45, 2.75) is 13.3 Å². The number of carbonyl (C=O) groups is 2. The third-order valence-electron chi connectivity index (χ3n) is 3.77. The van der Waals surface area contributed by atoms with Crippen molar-refractivity contribution in [3.8, 4) is 11.5 Å². The van der Waals surface area contributed by atoms with Gasteiger partial charge in [0.25, 0.3) is 5.91 Å². The summed E-state index contributed by atoms with van der Waals surface area (Å²) < 4.78 is 10.7. The van der Waals surface area contributed by atoms with E-state index in [1.165, 1.54) is 13.3 Å². The molecule has 7 nitrogen and oxygen atoms in total. The lowest BCUT2D eigenvalue weighted by Crippen LogP contribution is -2.17. The number of carboxylic acid groups (broad SMARTS) is 1. The van der Waals surface area contributed by atoms with E-state index in [2.05, 4.69) is 17.1 Å². The topological polar surface area (TPSA) is 97.2 Å². The van der Waals surface area contributed by atoms with Crippen LogP contribution in [0.2, 0.25) is 0 Å². The molecule has 0 saturated heterocycles. The second-order valence-corrected chi connectivity index (χ2v) is 5.95. The van der Waals surface area contributed by atoms with Gasteiger partial charge in [0.2, 0.25) is 0 Å². The number of nitrogens with zero attached hydrogens (tertiary/aromatic N) is 1. The predicted molar refractivity (Wildman–Crippen MR) is 106 cm³/mol. The monoisotopic (exact) mass is 382 g/mol. The minimum Gasteiger partial charge on any atom is -0.493 e. The lowest BCUT2D eigenvalue weighted by molar-refractivity contribution is -0.139. The summed E-state index contributed by atoms with van der Waals surface area (Å²) in [6.45, 7) is 5.16. The highest BCUT2D eigenvalue weighted by molar-refractivity contribution is 5.95. The number of methoxy groups -OCH3 is 1. The quantitative estimate of drug-likeness (QED) is 0.395. The molecule has 0 aliphatic heterocycles. The molecule has 2 rings (SSSR count). The van der Waals surface area contributed by atoms with Crippen molar-refractivity contribution in [2.24, 2.45) is 5.10 Å². The van der Waals surface area contributed by atoms with E-state index in [-0.39, 0.29) is 5.91 Å². The van der Waals surface area contributed by atoms with Gasteiger partial charge in [0.1, 0.15) is 0 Å². The number of aliphatic carboxylic acids is 1. The zero-order chi connectivity index (χ0) is 20.5. The summed E-state index contributed by atoms with van der Waals surface area (Å²) in [6, 6.07) is 10.6. The normalized spacial score (nSPS) is 10.5. The van der Waals surface area contributed by atoms with E-state index < -0.39 is 12.6 Å². The second-order valence-electron chi connectivity index (χ2n) is 5.95. The number of carbonyl (C=O) groups excluding carboxylic acids is 1. The van der Waals surface area contributed by atoms with Crippen molar-refractivity contribution < 1.29 is 24.2 Å². The van der Waals surface area contributed by atoms with E-state index in [0.717, 1.165) is 5.56 Å². The van der Waals surface area contributed by atoms with Crippen molar-refractivity contribution in [1.29, 1.82) is 0 Å². The van der Waals surface area contributed by atoms with Gasteiger partial charge in [0.15, 0.2) is 18.1 Å². The Hall–Kier alpha value is -3.61. The van der Waals surface area contributed by atoms with Crippen LogP contribution >= 0.6 is 0 Å². The van der Waals surface area contributed by atoms with Crippen LogP contribution in [0.15, 0.2) is 54.2 Å². The zero-order valence-electron chi connectivity index (χ0n) is 15.8. The Balaban J connectivity index is 2.19. The van der Waals surface area contributed by atoms with Gasteiger partial charge in [-0.2, -0.15) is 5.10 Å². The van der Waals surface area contributed by atoms with Gasteiger partial charge in [-0.05, 0) is 43.2 Å². The molecule has 146 valence electrons. The molecule has 0 saturated carbocycles. The number of hydrogen-bond donors (Lipinski definition) is 2. The molecule has 0 heterocycles. The Bertz CT molecular complexity index is 888. The van der Waals surface area contributed by atoms with E-state index in [1.807, 2.05) is 19.1 Å². The van der Waals surface area contributed by atoms with E-state index in [1.54, 1.807) is 30.3 Å². The number of allylic oxidation sites excluding steroid dienone is 1. The SMILES string of the molecule is C=CCc1cc(C=NNC(=O)c2ccc(C)cc2)cc(OC)c1OCC(=O)O. The van der Waals surface area contributed by atoms with Crippen LogP contribution in [0.1, 0.15) is 27.0 Å². The fraction of sp³-hybridized carbons (Fsp3) is 0.190. The first-order valence-corrected chi connectivity index (χ1v) is 8.51. The maximum atomic E-state index is 12.1. The fourth-order valence-corrected chi connectivity index (χ4v) is 2.45. The Morgan fingerprint density at radius 1 is 1.25 bits per heavy atom. The Morgan fingerprint density at radius 2 is 1.96 bits per heavy atom. The Morgan fingerprint density at radius 3 is 2.57 bits per heavy atom. The van der Waals surface area contributed by atoms with Gasteiger partial charge < -0.3 is 14.6 Å². The third kappa shape index (κ3) is 5.70. The van der Waals surface area contributed by atoms with Crippen molar-refractivity contribution in [2.75, 3.05) is 13.7 Å². The van der Waals surface area contributed by atoms with Crippen LogP contribution in [0.4, 0.5) is 0 Å². The molecule has 0 aliphatic rings. The first-order valence-electron chi connectivity index (χ1n) is 8.51. The first kappa shape index (κ1) is 20.7. The van der Waals surface area contributed by atoms with Gasteiger partial charge in [-0.25, -0.2) is 10.2 Å². The van der Waals surface area contributed by atoms with Gasteiger partial charge in [-0.1, -0.05) is 23.8 Å². The Labute approximate surface area is 163 Å². The molecule has 0 spiro atoms. The molecule has 7 heteroatoms. The van der Waals surface area contributed by atoms with Gasteiger partial charge in [0, 0.05) is 11.1 Å². The molecular weight excluding hydrogens is 360 g/mol. The highest BCUT2D eigenvalue weighted by atomic mass is 16.5. The molecule has 0 atom stereocenters. The summed E-state index contributed by atoms with van der Waals surface area (Å²) in [5, 5.41) is 12.8. The largest absolute Gasteiger partial charge is 0.493 e. The number of benzene rings is 2. The maximum Gasteiger partial charge on any atom is 0.341 e. The summed E-state index contributed by atoms with van der Waals surface area (Å²) in [4.78, 5) is 22.9. The van der Waals surface area contributed by atoms with Crippen molar-refractivity contribution in [3.05, 3.63) is 71.3 Å². The maximum absolute atomic E-state index is 12.1. The third-order valence-corrected chi connectivity index (χ3v) is 3.77. The molecule has 2 aromatic carbocycles. The number of nitrogens with one attached hydrogen (secondary N) is 1. The lowest BCUT2D eigenvalue weighted by Gasteiger charge is -2.14. The number of hydrogen-bond acceptors (Lipinski definition) is 5. The van der Waals surface area contributed by atoms with Crippen molar-refractivity contribution in [1.82, 2.24) is 5.43 Å². The summed E-state index contributed by atoms with van der Waals surface area (Å²) in [5.41, 5.74) is 5.39. The number of carboxylic acids is 1. The standard InChI is InChI=1S/C21H22N2O5/c1-4-5-17-10-15(11-18(27-3)20(17)28-13-19(24)25)12-22-23-21(26)16-8-6-14(2)7-9-16/h4,6-12H,1,5,13H2,2-3H3,(H,23,26)(H,24,25). The van der Waals surface area contributed by atoms with Gasteiger partial charge in [-0.3, -0.25) is 4.79 Å². The predicted octanol–water partition coefficient (Wildman–Crippen LogP) is 2.96. The second kappa shape index (κ2) is 9.91. The average Bonchev–Trinajstić information content (AvgIpc) is 2.67. The van der Waals surface area contributed by atoms with Gasteiger partial charge in [0.05, 0.1) is 13.3 Å². The van der Waals surface area contributed by atoms with Crippen LogP contribution in [-0.4, -0.2) is 36.9 Å². The Kier molecular flexibility index (Phi) is 7.33. The molecule has 28 heavy (non-hydrogen) atoms. The smallest absolute Gasteiger partial charge is 0.341 e. The number of rotatable bonds is 9. The number of amides is 1. The zero-order valence-corrected chi connectivity index (χ0v) is 15.8. The molecule has 0 bridgehead atoms. The van der Waals surface area contributed by atoms with Gasteiger partial charge in [-0.15, -0.1) is 6.58 Å². The molecule has 0 radical (unpaired) electrons. The molecule has 2 N–H and O–H groups in total. The fourth-order valence-electron chi connectivity index (χ4n) is 2.45. The molecule has 0 fully saturated rings. The molecule has 0 aliphatic carbocycles. The minimum absolute atomic E-state index is 0.323. The van der Waals surface area contributed by atoms with Crippen LogP contribution < -0.4 is 14.9 Å². The first-order chi connectivity index (χ1) is 13.4. The van der Waals surface area contributed by atoms with Crippen LogP contribution in [0.5, 0.6) is 11.5 Å². The minimum atomic E-state index is -1.09. The number of aryl methyl sites for hydroxylation is 1.